The molecule has 3 rings (SSSR count). The van der Waals surface area contributed by atoms with Crippen LogP contribution in [0, 0.1) is 0 Å². The van der Waals surface area contributed by atoms with Gasteiger partial charge in [-0.25, -0.2) is 8.42 Å². The summed E-state index contributed by atoms with van der Waals surface area (Å²) in [5, 5.41) is 10.0. The minimum atomic E-state index is -3.51. The molecule has 0 unspecified atom stereocenters. The number of benzene rings is 1. The van der Waals surface area contributed by atoms with Crippen LogP contribution in [0.3, 0.4) is 0 Å². The molecule has 0 radical (unpaired) electrons. The van der Waals surface area contributed by atoms with E-state index >= 15 is 0 Å². The van der Waals surface area contributed by atoms with Crippen LogP contribution in [-0.4, -0.2) is 48.2 Å². The predicted octanol–water partition coefficient (Wildman–Crippen LogP) is 1.46. The van der Waals surface area contributed by atoms with E-state index in [1.54, 1.807) is 23.0 Å². The van der Waals surface area contributed by atoms with Crippen molar-refractivity contribution in [3.8, 4) is 0 Å². The van der Waals surface area contributed by atoms with Crippen LogP contribution in [0.25, 0.3) is 0 Å². The Kier molecular flexibility index (Phi) is 6.44. The number of hydrogen-bond donors (Lipinski definition) is 2. The molecule has 26 heavy (non-hydrogen) atoms. The largest absolute Gasteiger partial charge is 0.325 e. The molecule has 2 N–H and O–H groups in total. The highest BCUT2D eigenvalue weighted by Crippen LogP contribution is 2.29. The zero-order chi connectivity index (χ0) is 17.9. The maximum Gasteiger partial charge on any atom is 0.245 e. The second kappa shape index (κ2) is 8.20. The molecule has 1 aromatic carbocycles. The molecule has 9 heteroatoms. The number of piperidine rings is 1. The molecule has 0 atom stereocenters. The van der Waals surface area contributed by atoms with Gasteiger partial charge in [0.2, 0.25) is 5.91 Å². The van der Waals surface area contributed by atoms with Crippen LogP contribution in [-0.2, 0) is 21.2 Å². The number of halogens is 1. The summed E-state index contributed by atoms with van der Waals surface area (Å²) in [4.78, 5) is 12.7. The lowest BCUT2D eigenvalue weighted by atomic mass is 9.95. The lowest BCUT2D eigenvalue weighted by Gasteiger charge is -2.34. The summed E-state index contributed by atoms with van der Waals surface area (Å²) in [5.41, 5.74) is 1.64. The number of nitrogens with one attached hydrogen (secondary N) is 2. The monoisotopic (exact) mass is 398 g/mol. The Balaban J connectivity index is 0.00000243. The van der Waals surface area contributed by atoms with Gasteiger partial charge in [0.05, 0.1) is 6.54 Å². The number of nitrogens with zero attached hydrogens (tertiary/aromatic N) is 2. The second-order valence-electron chi connectivity index (χ2n) is 6.37. The molecule has 0 aliphatic carbocycles. The molecule has 1 aromatic heterocycles. The Morgan fingerprint density at radius 1 is 1.27 bits per heavy atom. The molecule has 7 nitrogen and oxygen atoms in total. The van der Waals surface area contributed by atoms with Crippen LogP contribution in [0.1, 0.15) is 18.4 Å². The Hall–Kier alpha value is -1.90. The number of aromatic nitrogens is 2. The van der Waals surface area contributed by atoms with Gasteiger partial charge >= 0.3 is 0 Å². The van der Waals surface area contributed by atoms with E-state index in [-0.39, 0.29) is 25.2 Å². The summed E-state index contributed by atoms with van der Waals surface area (Å²) in [6.07, 6.45) is 5.32. The van der Waals surface area contributed by atoms with E-state index in [1.807, 2.05) is 24.4 Å². The number of hydrogen-bond acceptors (Lipinski definition) is 5. The van der Waals surface area contributed by atoms with Crippen molar-refractivity contribution >= 4 is 33.8 Å². The fraction of sp³-hybridized carbons (Fsp3) is 0.412. The molecule has 1 amide bonds. The molecule has 2 heterocycles. The van der Waals surface area contributed by atoms with Crippen LogP contribution in [0.2, 0.25) is 0 Å². The van der Waals surface area contributed by atoms with Gasteiger partial charge < -0.3 is 10.6 Å². The third-order valence-electron chi connectivity index (χ3n) is 4.65. The van der Waals surface area contributed by atoms with Gasteiger partial charge in [0.1, 0.15) is 0 Å². The predicted molar refractivity (Wildman–Crippen MR) is 103 cm³/mol. The second-order valence-corrected chi connectivity index (χ2v) is 8.70. The van der Waals surface area contributed by atoms with E-state index in [0.717, 1.165) is 11.8 Å². The van der Waals surface area contributed by atoms with E-state index in [1.165, 1.54) is 0 Å². The Labute approximate surface area is 159 Å². The van der Waals surface area contributed by atoms with Gasteiger partial charge in [-0.1, -0.05) is 12.1 Å². The number of carbonyl (C=O) groups is 1. The molecule has 142 valence electrons. The van der Waals surface area contributed by atoms with E-state index in [4.69, 9.17) is 0 Å². The van der Waals surface area contributed by atoms with E-state index in [0.29, 0.717) is 25.3 Å². The Morgan fingerprint density at radius 2 is 1.92 bits per heavy atom. The number of anilines is 1. The third-order valence-corrected chi connectivity index (χ3v) is 6.66. The average Bonchev–Trinajstić information content (AvgIpc) is 3.09. The van der Waals surface area contributed by atoms with E-state index in [2.05, 4.69) is 15.7 Å². The number of carbonyl (C=O) groups excluding carboxylic acids is 1. The smallest absolute Gasteiger partial charge is 0.245 e. The van der Waals surface area contributed by atoms with Gasteiger partial charge in [-0.15, -0.1) is 12.4 Å². The fourth-order valence-corrected chi connectivity index (χ4v) is 4.45. The topological polar surface area (TPSA) is 93.1 Å². The summed E-state index contributed by atoms with van der Waals surface area (Å²) in [6, 6.07) is 9.22. The van der Waals surface area contributed by atoms with Crippen molar-refractivity contribution in [3.63, 3.8) is 0 Å². The van der Waals surface area contributed by atoms with Crippen molar-refractivity contribution in [1.82, 2.24) is 15.1 Å². The van der Waals surface area contributed by atoms with Crippen LogP contribution >= 0.6 is 12.4 Å². The summed E-state index contributed by atoms with van der Waals surface area (Å²) >= 11 is 0. The summed E-state index contributed by atoms with van der Waals surface area (Å²) in [6.45, 7) is 1.67. The van der Waals surface area contributed by atoms with Gasteiger partial charge in [0, 0.05) is 24.3 Å². The van der Waals surface area contributed by atoms with Gasteiger partial charge in [0.25, 0.3) is 0 Å². The minimum absolute atomic E-state index is 0. The maximum absolute atomic E-state index is 12.7. The Bertz CT molecular complexity index is 829. The molecular formula is C17H23ClN4O3S. The zero-order valence-corrected chi connectivity index (χ0v) is 16.1. The normalized spacial score (nSPS) is 16.5. The molecular weight excluding hydrogens is 376 g/mol. The number of amides is 1. The Morgan fingerprint density at radius 3 is 2.46 bits per heavy atom. The summed E-state index contributed by atoms with van der Waals surface area (Å²) < 4.78 is 25.0. The van der Waals surface area contributed by atoms with Crippen LogP contribution in [0.15, 0.2) is 42.7 Å². The quantitative estimate of drug-likeness (QED) is 0.795. The van der Waals surface area contributed by atoms with Gasteiger partial charge in [-0.05, 0) is 49.7 Å². The minimum Gasteiger partial charge on any atom is -0.325 e. The molecule has 1 fully saturated rings. The lowest BCUT2D eigenvalue weighted by molar-refractivity contribution is -0.119. The van der Waals surface area contributed by atoms with Crippen molar-refractivity contribution < 1.29 is 13.2 Å². The van der Waals surface area contributed by atoms with Crippen molar-refractivity contribution in [2.45, 2.75) is 24.1 Å². The van der Waals surface area contributed by atoms with Crippen LogP contribution in [0.5, 0.6) is 0 Å². The average molecular weight is 399 g/mol. The molecule has 0 saturated carbocycles. The highest BCUT2D eigenvalue weighted by molar-refractivity contribution is 7.92. The van der Waals surface area contributed by atoms with Crippen LogP contribution in [0.4, 0.5) is 5.69 Å². The van der Waals surface area contributed by atoms with E-state index in [9.17, 15) is 13.2 Å². The standard InChI is InChI=1S/C17H22N4O3S.ClH/c1-25(23,24)17(7-10-18-11-8-17)16(22)20-15-5-3-14(4-6-15)13-21-12-2-9-19-21;/h2-6,9,12,18H,7-8,10-11,13H2,1H3,(H,20,22);1H. The summed E-state index contributed by atoms with van der Waals surface area (Å²) in [5.74, 6) is -0.448. The highest BCUT2D eigenvalue weighted by Gasteiger charge is 2.48. The number of sulfone groups is 1. The van der Waals surface area contributed by atoms with Crippen LogP contribution < -0.4 is 10.6 Å². The molecule has 1 aliphatic heterocycles. The first kappa shape index (κ1) is 20.4. The van der Waals surface area contributed by atoms with Gasteiger partial charge in [-0.3, -0.25) is 9.48 Å². The molecule has 1 aliphatic rings. The van der Waals surface area contributed by atoms with Gasteiger partial charge in [-0.2, -0.15) is 5.10 Å². The van der Waals surface area contributed by atoms with E-state index < -0.39 is 20.5 Å². The highest BCUT2D eigenvalue weighted by atomic mass is 35.5. The third kappa shape index (κ3) is 4.25. The SMILES string of the molecule is CS(=O)(=O)C1(C(=O)Nc2ccc(Cn3cccn3)cc2)CCNCC1.Cl. The first-order chi connectivity index (χ1) is 11.9. The fourth-order valence-electron chi connectivity index (χ4n) is 3.12. The number of rotatable bonds is 5. The van der Waals surface area contributed by atoms with Crippen molar-refractivity contribution in [2.75, 3.05) is 24.7 Å². The summed E-state index contributed by atoms with van der Waals surface area (Å²) in [7, 11) is -3.51. The molecule has 2 aromatic rings. The van der Waals surface area contributed by atoms with Crippen molar-refractivity contribution in [1.29, 1.82) is 0 Å². The first-order valence-corrected chi connectivity index (χ1v) is 10.1. The first-order valence-electron chi connectivity index (χ1n) is 8.19. The lowest BCUT2D eigenvalue weighted by Crippen LogP contribution is -2.55. The van der Waals surface area contributed by atoms with Crippen molar-refractivity contribution in [3.05, 3.63) is 48.3 Å². The zero-order valence-electron chi connectivity index (χ0n) is 14.5. The maximum atomic E-state index is 12.7. The molecule has 0 spiro atoms. The molecule has 0 bridgehead atoms. The molecule has 1 saturated heterocycles. The van der Waals surface area contributed by atoms with Gasteiger partial charge in [0.15, 0.2) is 14.6 Å². The van der Waals surface area contributed by atoms with Crippen molar-refractivity contribution in [2.24, 2.45) is 0 Å².